The van der Waals surface area contributed by atoms with Crippen LogP contribution in [0.25, 0.3) is 0 Å². The standard InChI is InChI=1S/C18H28N2O2/c1-13-17(21-3)8-7-15(18(13)22-4)12-20-11-10-19-9-5-6-16(19)14(20)2/h7-8,14,16H,5-6,9-12H2,1-4H3/t14-,16-/m1/s1. The third kappa shape index (κ3) is 2.70. The normalized spacial score (nSPS) is 26.0. The summed E-state index contributed by atoms with van der Waals surface area (Å²) in [6.45, 7) is 9.04. The van der Waals surface area contributed by atoms with Crippen LogP contribution in [0.5, 0.6) is 11.5 Å². The second kappa shape index (κ2) is 6.47. The van der Waals surface area contributed by atoms with Crippen molar-refractivity contribution in [2.24, 2.45) is 0 Å². The Morgan fingerprint density at radius 3 is 2.68 bits per heavy atom. The molecule has 4 heteroatoms. The fourth-order valence-electron chi connectivity index (χ4n) is 4.18. The molecule has 22 heavy (non-hydrogen) atoms. The van der Waals surface area contributed by atoms with Crippen LogP contribution in [0.2, 0.25) is 0 Å². The third-order valence-corrected chi connectivity index (χ3v) is 5.46. The Bertz CT molecular complexity index is 532. The number of fused-ring (bicyclic) bond motifs is 1. The molecule has 122 valence electrons. The van der Waals surface area contributed by atoms with Gasteiger partial charge in [0.25, 0.3) is 0 Å². The molecule has 2 fully saturated rings. The quantitative estimate of drug-likeness (QED) is 0.854. The molecule has 0 amide bonds. The first-order chi connectivity index (χ1) is 10.7. The molecule has 0 aliphatic carbocycles. The molecule has 1 aromatic carbocycles. The molecule has 2 atom stereocenters. The molecule has 0 bridgehead atoms. The maximum atomic E-state index is 5.66. The lowest BCUT2D eigenvalue weighted by atomic mass is 10.0. The Morgan fingerprint density at radius 1 is 1.14 bits per heavy atom. The van der Waals surface area contributed by atoms with Crippen molar-refractivity contribution in [3.8, 4) is 11.5 Å². The largest absolute Gasteiger partial charge is 0.496 e. The molecule has 2 saturated heterocycles. The predicted molar refractivity (Wildman–Crippen MR) is 88.8 cm³/mol. The van der Waals surface area contributed by atoms with E-state index in [2.05, 4.69) is 35.8 Å². The van der Waals surface area contributed by atoms with Crippen LogP contribution in [0.15, 0.2) is 12.1 Å². The minimum absolute atomic E-state index is 0.614. The van der Waals surface area contributed by atoms with Crippen molar-refractivity contribution >= 4 is 0 Å². The van der Waals surface area contributed by atoms with E-state index in [-0.39, 0.29) is 0 Å². The van der Waals surface area contributed by atoms with Gasteiger partial charge in [-0.05, 0) is 39.3 Å². The number of methoxy groups -OCH3 is 2. The van der Waals surface area contributed by atoms with Crippen LogP contribution in [0.4, 0.5) is 0 Å². The molecule has 0 spiro atoms. The summed E-state index contributed by atoms with van der Waals surface area (Å²) in [6, 6.07) is 5.56. The van der Waals surface area contributed by atoms with Gasteiger partial charge in [-0.25, -0.2) is 0 Å². The lowest BCUT2D eigenvalue weighted by Crippen LogP contribution is -2.55. The zero-order chi connectivity index (χ0) is 15.7. The van der Waals surface area contributed by atoms with Gasteiger partial charge in [0.05, 0.1) is 14.2 Å². The SMILES string of the molecule is COc1ccc(CN2CCN3CCC[C@@H]3[C@H]2C)c(OC)c1C. The molecule has 1 aromatic rings. The molecule has 3 rings (SSSR count). The van der Waals surface area contributed by atoms with Crippen molar-refractivity contribution in [2.75, 3.05) is 33.9 Å². The Balaban J connectivity index is 1.79. The molecule has 4 nitrogen and oxygen atoms in total. The number of hydrogen-bond acceptors (Lipinski definition) is 4. The second-order valence-corrected chi connectivity index (χ2v) is 6.54. The minimum atomic E-state index is 0.614. The summed E-state index contributed by atoms with van der Waals surface area (Å²) in [7, 11) is 3.46. The van der Waals surface area contributed by atoms with E-state index in [4.69, 9.17) is 9.47 Å². The van der Waals surface area contributed by atoms with E-state index in [0.29, 0.717) is 6.04 Å². The molecule has 0 unspecified atom stereocenters. The topological polar surface area (TPSA) is 24.9 Å². The molecule has 0 aromatic heterocycles. The zero-order valence-electron chi connectivity index (χ0n) is 14.3. The number of ether oxygens (including phenoxy) is 2. The number of hydrogen-bond donors (Lipinski definition) is 0. The van der Waals surface area contributed by atoms with Gasteiger partial charge in [-0.1, -0.05) is 6.07 Å². The van der Waals surface area contributed by atoms with Crippen LogP contribution >= 0.6 is 0 Å². The van der Waals surface area contributed by atoms with Gasteiger partial charge in [-0.2, -0.15) is 0 Å². The smallest absolute Gasteiger partial charge is 0.129 e. The summed E-state index contributed by atoms with van der Waals surface area (Å²) < 4.78 is 11.1. The summed E-state index contributed by atoms with van der Waals surface area (Å²) in [4.78, 5) is 5.27. The lowest BCUT2D eigenvalue weighted by Gasteiger charge is -2.43. The van der Waals surface area contributed by atoms with Crippen LogP contribution < -0.4 is 9.47 Å². The fraction of sp³-hybridized carbons (Fsp3) is 0.667. The molecule has 2 aliphatic heterocycles. The van der Waals surface area contributed by atoms with E-state index in [1.807, 2.05) is 0 Å². The maximum absolute atomic E-state index is 5.66. The molecule has 2 aliphatic rings. The highest BCUT2D eigenvalue weighted by atomic mass is 16.5. The average Bonchev–Trinajstić information content (AvgIpc) is 3.00. The van der Waals surface area contributed by atoms with Gasteiger partial charge in [0.2, 0.25) is 0 Å². The summed E-state index contributed by atoms with van der Waals surface area (Å²) >= 11 is 0. The van der Waals surface area contributed by atoms with Crippen molar-refractivity contribution in [1.29, 1.82) is 0 Å². The zero-order valence-corrected chi connectivity index (χ0v) is 14.3. The number of rotatable bonds is 4. The van der Waals surface area contributed by atoms with Crippen LogP contribution in [0.1, 0.15) is 30.9 Å². The van der Waals surface area contributed by atoms with E-state index >= 15 is 0 Å². The first kappa shape index (κ1) is 15.6. The van der Waals surface area contributed by atoms with Gasteiger partial charge in [-0.3, -0.25) is 9.80 Å². The van der Waals surface area contributed by atoms with Crippen molar-refractivity contribution in [2.45, 2.75) is 45.3 Å². The van der Waals surface area contributed by atoms with Crippen molar-refractivity contribution in [1.82, 2.24) is 9.80 Å². The van der Waals surface area contributed by atoms with Gasteiger partial charge in [0, 0.05) is 42.8 Å². The molecule has 0 radical (unpaired) electrons. The number of benzene rings is 1. The van der Waals surface area contributed by atoms with E-state index in [1.165, 1.54) is 31.5 Å². The van der Waals surface area contributed by atoms with Crippen LogP contribution in [0, 0.1) is 6.92 Å². The van der Waals surface area contributed by atoms with E-state index in [9.17, 15) is 0 Å². The fourth-order valence-corrected chi connectivity index (χ4v) is 4.18. The Morgan fingerprint density at radius 2 is 1.95 bits per heavy atom. The van der Waals surface area contributed by atoms with E-state index < -0.39 is 0 Å². The minimum Gasteiger partial charge on any atom is -0.496 e. The number of nitrogens with zero attached hydrogens (tertiary/aromatic N) is 2. The third-order valence-electron chi connectivity index (χ3n) is 5.46. The highest BCUT2D eigenvalue weighted by Crippen LogP contribution is 2.34. The first-order valence-electron chi connectivity index (χ1n) is 8.34. The molecular formula is C18H28N2O2. The van der Waals surface area contributed by atoms with Crippen LogP contribution in [-0.2, 0) is 6.54 Å². The molecular weight excluding hydrogens is 276 g/mol. The molecule has 0 N–H and O–H groups in total. The summed E-state index contributed by atoms with van der Waals surface area (Å²) in [5.41, 5.74) is 2.36. The second-order valence-electron chi connectivity index (χ2n) is 6.54. The maximum Gasteiger partial charge on any atom is 0.129 e. The van der Waals surface area contributed by atoms with Gasteiger partial charge < -0.3 is 9.47 Å². The number of piperazine rings is 1. The van der Waals surface area contributed by atoms with E-state index in [1.54, 1.807) is 14.2 Å². The Hall–Kier alpha value is -1.26. The highest BCUT2D eigenvalue weighted by molar-refractivity contribution is 5.49. The van der Waals surface area contributed by atoms with Crippen molar-refractivity contribution < 1.29 is 9.47 Å². The highest BCUT2D eigenvalue weighted by Gasteiger charge is 2.36. The summed E-state index contributed by atoms with van der Waals surface area (Å²) in [5, 5.41) is 0. The first-order valence-corrected chi connectivity index (χ1v) is 8.34. The van der Waals surface area contributed by atoms with Crippen molar-refractivity contribution in [3.63, 3.8) is 0 Å². The van der Waals surface area contributed by atoms with Gasteiger partial charge in [0.15, 0.2) is 0 Å². The van der Waals surface area contributed by atoms with Gasteiger partial charge >= 0.3 is 0 Å². The van der Waals surface area contributed by atoms with Gasteiger partial charge in [-0.15, -0.1) is 0 Å². The lowest BCUT2D eigenvalue weighted by molar-refractivity contribution is 0.0465. The van der Waals surface area contributed by atoms with E-state index in [0.717, 1.165) is 36.2 Å². The Kier molecular flexibility index (Phi) is 4.59. The van der Waals surface area contributed by atoms with Gasteiger partial charge in [0.1, 0.15) is 11.5 Å². The predicted octanol–water partition coefficient (Wildman–Crippen LogP) is 2.68. The van der Waals surface area contributed by atoms with Crippen molar-refractivity contribution in [3.05, 3.63) is 23.3 Å². The monoisotopic (exact) mass is 304 g/mol. The van der Waals surface area contributed by atoms with Crippen LogP contribution in [0.3, 0.4) is 0 Å². The Labute approximate surface area is 134 Å². The van der Waals surface area contributed by atoms with Crippen LogP contribution in [-0.4, -0.2) is 55.7 Å². The summed E-state index contributed by atoms with van der Waals surface area (Å²) in [5.74, 6) is 1.87. The molecule has 2 heterocycles. The average molecular weight is 304 g/mol. The molecule has 0 saturated carbocycles. The summed E-state index contributed by atoms with van der Waals surface area (Å²) in [6.07, 6.45) is 2.70.